The molecule has 1 saturated carbocycles. The number of aryl methyl sites for hydroxylation is 1. The van der Waals surface area contributed by atoms with E-state index in [9.17, 15) is 0 Å². The Balaban J connectivity index is 1.99. The minimum Gasteiger partial charge on any atom is -0.371 e. The highest BCUT2D eigenvalue weighted by atomic mass is 15.1. The Labute approximate surface area is 117 Å². The zero-order chi connectivity index (χ0) is 13.3. The maximum atomic E-state index is 6.79. The molecular formula is C17H26N2. The lowest BCUT2D eigenvalue weighted by molar-refractivity contribution is 0.302. The fourth-order valence-electron chi connectivity index (χ4n) is 3.73. The van der Waals surface area contributed by atoms with Crippen LogP contribution in [-0.2, 0) is 5.54 Å². The zero-order valence-corrected chi connectivity index (χ0v) is 12.1. The maximum absolute atomic E-state index is 6.79. The van der Waals surface area contributed by atoms with Crippen molar-refractivity contribution < 1.29 is 0 Å². The molecule has 1 aromatic rings. The van der Waals surface area contributed by atoms with Gasteiger partial charge < -0.3 is 10.6 Å². The van der Waals surface area contributed by atoms with E-state index in [2.05, 4.69) is 30.0 Å². The Kier molecular flexibility index (Phi) is 3.53. The fourth-order valence-corrected chi connectivity index (χ4v) is 3.73. The molecule has 2 nitrogen and oxygen atoms in total. The number of hydrogen-bond acceptors (Lipinski definition) is 2. The summed E-state index contributed by atoms with van der Waals surface area (Å²) >= 11 is 0. The van der Waals surface area contributed by atoms with Gasteiger partial charge in [-0.05, 0) is 44.2 Å². The maximum Gasteiger partial charge on any atom is 0.0430 e. The van der Waals surface area contributed by atoms with Crippen molar-refractivity contribution in [1.29, 1.82) is 0 Å². The highest BCUT2D eigenvalue weighted by Gasteiger charge is 2.33. The second-order valence-corrected chi connectivity index (χ2v) is 6.43. The summed E-state index contributed by atoms with van der Waals surface area (Å²) in [4.78, 5) is 2.54. The second kappa shape index (κ2) is 5.16. The van der Waals surface area contributed by atoms with Crippen molar-refractivity contribution in [1.82, 2.24) is 0 Å². The van der Waals surface area contributed by atoms with E-state index in [1.54, 1.807) is 0 Å². The molecule has 2 aliphatic rings. The third-order valence-electron chi connectivity index (χ3n) is 4.88. The molecule has 0 aromatic heterocycles. The lowest BCUT2D eigenvalue weighted by atomic mass is 9.76. The van der Waals surface area contributed by atoms with Gasteiger partial charge in [-0.25, -0.2) is 0 Å². The number of anilines is 1. The Morgan fingerprint density at radius 1 is 1.00 bits per heavy atom. The summed E-state index contributed by atoms with van der Waals surface area (Å²) in [7, 11) is 0. The predicted octanol–water partition coefficient (Wildman–Crippen LogP) is 3.71. The van der Waals surface area contributed by atoms with E-state index in [4.69, 9.17) is 5.73 Å². The quantitative estimate of drug-likeness (QED) is 0.876. The minimum absolute atomic E-state index is 0.0812. The van der Waals surface area contributed by atoms with E-state index >= 15 is 0 Å². The van der Waals surface area contributed by atoms with E-state index in [1.165, 1.54) is 62.0 Å². The zero-order valence-electron chi connectivity index (χ0n) is 12.1. The minimum atomic E-state index is -0.0812. The summed E-state index contributed by atoms with van der Waals surface area (Å²) in [5.74, 6) is 0. The summed E-state index contributed by atoms with van der Waals surface area (Å²) in [6.07, 6.45) is 8.86. The highest BCUT2D eigenvalue weighted by molar-refractivity contribution is 5.58. The summed E-state index contributed by atoms with van der Waals surface area (Å²) in [6.45, 7) is 4.59. The molecule has 2 fully saturated rings. The van der Waals surface area contributed by atoms with E-state index in [0.717, 1.165) is 12.8 Å². The van der Waals surface area contributed by atoms with Crippen LogP contribution < -0.4 is 10.6 Å². The molecule has 0 radical (unpaired) electrons. The smallest absolute Gasteiger partial charge is 0.0430 e. The van der Waals surface area contributed by atoms with Gasteiger partial charge in [0.1, 0.15) is 0 Å². The topological polar surface area (TPSA) is 29.3 Å². The predicted molar refractivity (Wildman–Crippen MR) is 81.6 cm³/mol. The van der Waals surface area contributed by atoms with Crippen LogP contribution in [0.15, 0.2) is 18.2 Å². The van der Waals surface area contributed by atoms with Gasteiger partial charge in [-0.3, -0.25) is 0 Å². The molecule has 3 rings (SSSR count). The Morgan fingerprint density at radius 3 is 2.37 bits per heavy atom. The molecule has 0 unspecified atom stereocenters. The van der Waals surface area contributed by atoms with Gasteiger partial charge in [-0.2, -0.15) is 0 Å². The van der Waals surface area contributed by atoms with Crippen molar-refractivity contribution in [2.45, 2.75) is 57.4 Å². The number of nitrogens with two attached hydrogens (primary N) is 1. The molecule has 2 heteroatoms. The Hall–Kier alpha value is -1.02. The fraction of sp³-hybridized carbons (Fsp3) is 0.647. The Bertz CT molecular complexity index is 441. The van der Waals surface area contributed by atoms with Crippen molar-refractivity contribution in [3.8, 4) is 0 Å². The molecule has 19 heavy (non-hydrogen) atoms. The third-order valence-corrected chi connectivity index (χ3v) is 4.88. The average Bonchev–Trinajstić information content (AvgIpc) is 2.93. The van der Waals surface area contributed by atoms with Crippen LogP contribution in [0.4, 0.5) is 5.69 Å². The highest BCUT2D eigenvalue weighted by Crippen LogP contribution is 2.40. The first-order valence-corrected chi connectivity index (χ1v) is 7.84. The standard InChI is InChI=1S/C17H26N2/c1-14-7-8-16(19-11-5-6-12-19)15(13-14)17(18)9-3-2-4-10-17/h7-8,13H,2-6,9-12,18H2,1H3. The van der Waals surface area contributed by atoms with Gasteiger partial charge in [0.15, 0.2) is 0 Å². The van der Waals surface area contributed by atoms with Crippen LogP contribution in [0.3, 0.4) is 0 Å². The molecule has 1 aromatic carbocycles. The molecule has 1 aliphatic carbocycles. The molecule has 104 valence electrons. The first-order chi connectivity index (χ1) is 9.19. The molecular weight excluding hydrogens is 232 g/mol. The number of rotatable bonds is 2. The largest absolute Gasteiger partial charge is 0.371 e. The van der Waals surface area contributed by atoms with Gasteiger partial charge in [0.2, 0.25) is 0 Å². The second-order valence-electron chi connectivity index (χ2n) is 6.43. The van der Waals surface area contributed by atoms with Crippen LogP contribution in [0, 0.1) is 6.92 Å². The van der Waals surface area contributed by atoms with Crippen LogP contribution in [0.1, 0.15) is 56.1 Å². The van der Waals surface area contributed by atoms with Crippen molar-refractivity contribution >= 4 is 5.69 Å². The van der Waals surface area contributed by atoms with Crippen LogP contribution in [0.2, 0.25) is 0 Å². The first-order valence-electron chi connectivity index (χ1n) is 7.84. The van der Waals surface area contributed by atoms with E-state index in [-0.39, 0.29) is 5.54 Å². The molecule has 1 aliphatic heterocycles. The normalized spacial score (nSPS) is 22.7. The van der Waals surface area contributed by atoms with Gasteiger partial charge in [-0.15, -0.1) is 0 Å². The van der Waals surface area contributed by atoms with E-state index in [1.807, 2.05) is 0 Å². The first kappa shape index (κ1) is 13.0. The molecule has 0 spiro atoms. The van der Waals surface area contributed by atoms with Gasteiger partial charge in [-0.1, -0.05) is 37.0 Å². The van der Waals surface area contributed by atoms with E-state index < -0.39 is 0 Å². The molecule has 0 atom stereocenters. The van der Waals surface area contributed by atoms with Gasteiger partial charge >= 0.3 is 0 Å². The third kappa shape index (κ3) is 2.51. The van der Waals surface area contributed by atoms with Gasteiger partial charge in [0, 0.05) is 24.3 Å². The van der Waals surface area contributed by atoms with Crippen molar-refractivity contribution in [2.75, 3.05) is 18.0 Å². The van der Waals surface area contributed by atoms with Gasteiger partial charge in [0.05, 0.1) is 0 Å². The number of nitrogens with zero attached hydrogens (tertiary/aromatic N) is 1. The van der Waals surface area contributed by atoms with Crippen molar-refractivity contribution in [3.63, 3.8) is 0 Å². The van der Waals surface area contributed by atoms with Crippen molar-refractivity contribution in [2.24, 2.45) is 5.73 Å². The summed E-state index contributed by atoms with van der Waals surface area (Å²) in [6, 6.07) is 6.89. The Morgan fingerprint density at radius 2 is 1.68 bits per heavy atom. The molecule has 1 saturated heterocycles. The monoisotopic (exact) mass is 258 g/mol. The van der Waals surface area contributed by atoms with Gasteiger partial charge in [0.25, 0.3) is 0 Å². The molecule has 2 N–H and O–H groups in total. The van der Waals surface area contributed by atoms with Crippen LogP contribution >= 0.6 is 0 Å². The van der Waals surface area contributed by atoms with E-state index in [0.29, 0.717) is 0 Å². The lowest BCUT2D eigenvalue weighted by Crippen LogP contribution is -2.40. The van der Waals surface area contributed by atoms with Crippen LogP contribution in [0.5, 0.6) is 0 Å². The molecule has 0 bridgehead atoms. The van der Waals surface area contributed by atoms with Crippen LogP contribution in [0.25, 0.3) is 0 Å². The summed E-state index contributed by atoms with van der Waals surface area (Å²) in [5.41, 5.74) is 10.9. The van der Waals surface area contributed by atoms with Crippen molar-refractivity contribution in [3.05, 3.63) is 29.3 Å². The number of benzene rings is 1. The summed E-state index contributed by atoms with van der Waals surface area (Å²) in [5, 5.41) is 0. The number of hydrogen-bond donors (Lipinski definition) is 1. The molecule has 1 heterocycles. The molecule has 0 amide bonds. The average molecular weight is 258 g/mol. The SMILES string of the molecule is Cc1ccc(N2CCCC2)c(C2(N)CCCCC2)c1. The summed E-state index contributed by atoms with van der Waals surface area (Å²) < 4.78 is 0. The van der Waals surface area contributed by atoms with Crippen LogP contribution in [-0.4, -0.2) is 13.1 Å². The lowest BCUT2D eigenvalue weighted by Gasteiger charge is -2.37.